The van der Waals surface area contributed by atoms with Gasteiger partial charge in [0.25, 0.3) is 0 Å². The fourth-order valence-corrected chi connectivity index (χ4v) is 2.54. The molecule has 0 aromatic heterocycles. The molecule has 0 saturated carbocycles. The number of nitrogens with zero attached hydrogens (tertiary/aromatic N) is 1. The van der Waals surface area contributed by atoms with Crippen molar-refractivity contribution in [1.29, 1.82) is 0 Å². The van der Waals surface area contributed by atoms with E-state index in [0.29, 0.717) is 12.2 Å². The van der Waals surface area contributed by atoms with E-state index in [2.05, 4.69) is 18.2 Å². The van der Waals surface area contributed by atoms with Gasteiger partial charge in [-0.1, -0.05) is 65.1 Å². The third-order valence-electron chi connectivity index (χ3n) is 3.52. The Labute approximate surface area is 118 Å². The predicted molar refractivity (Wildman–Crippen MR) is 83.5 cm³/mol. The van der Waals surface area contributed by atoms with E-state index < -0.39 is 0 Å². The van der Waals surface area contributed by atoms with Crippen molar-refractivity contribution in [1.82, 2.24) is 0 Å². The van der Waals surface area contributed by atoms with E-state index in [4.69, 9.17) is 0 Å². The van der Waals surface area contributed by atoms with Crippen LogP contribution < -0.4 is 5.12 Å². The lowest BCUT2D eigenvalue weighted by molar-refractivity contribution is 0.445. The summed E-state index contributed by atoms with van der Waals surface area (Å²) in [5.74, 6) is 0. The highest BCUT2D eigenvalue weighted by atomic mass is 19.2. The number of para-hydroxylation sites is 1. The SMILES string of the molecule is CCN(F)c1ccccc1-c1cccc2ccccc12. The fourth-order valence-electron chi connectivity index (χ4n) is 2.54. The number of hydrogen-bond acceptors (Lipinski definition) is 1. The molecule has 0 unspecified atom stereocenters. The zero-order valence-corrected chi connectivity index (χ0v) is 11.4. The highest BCUT2D eigenvalue weighted by Crippen LogP contribution is 2.35. The van der Waals surface area contributed by atoms with Crippen LogP contribution in [0.25, 0.3) is 21.9 Å². The minimum atomic E-state index is 0.335. The summed E-state index contributed by atoms with van der Waals surface area (Å²) < 4.78 is 14.0. The van der Waals surface area contributed by atoms with Crippen LogP contribution in [0.1, 0.15) is 6.92 Å². The molecule has 0 aliphatic heterocycles. The molecule has 100 valence electrons. The van der Waals surface area contributed by atoms with E-state index >= 15 is 0 Å². The Morgan fingerprint density at radius 3 is 2.30 bits per heavy atom. The molecule has 0 heterocycles. The van der Waals surface area contributed by atoms with Crippen molar-refractivity contribution in [2.45, 2.75) is 6.92 Å². The van der Waals surface area contributed by atoms with Gasteiger partial charge >= 0.3 is 0 Å². The van der Waals surface area contributed by atoms with Gasteiger partial charge in [0.05, 0.1) is 5.69 Å². The Bertz CT molecular complexity index is 731. The summed E-state index contributed by atoms with van der Waals surface area (Å²) in [6.07, 6.45) is 0. The second-order valence-corrected chi connectivity index (χ2v) is 4.72. The molecule has 0 N–H and O–H groups in total. The van der Waals surface area contributed by atoms with Crippen LogP contribution in [0.15, 0.2) is 66.7 Å². The quantitative estimate of drug-likeness (QED) is 0.587. The Hall–Kier alpha value is -2.35. The topological polar surface area (TPSA) is 3.24 Å². The zero-order valence-electron chi connectivity index (χ0n) is 11.4. The summed E-state index contributed by atoms with van der Waals surface area (Å²) in [5, 5.41) is 3.10. The summed E-state index contributed by atoms with van der Waals surface area (Å²) in [5.41, 5.74) is 2.61. The molecule has 0 bridgehead atoms. The van der Waals surface area contributed by atoms with Crippen molar-refractivity contribution in [3.8, 4) is 11.1 Å². The number of benzene rings is 3. The maximum absolute atomic E-state index is 14.0. The van der Waals surface area contributed by atoms with Crippen LogP contribution in [0.3, 0.4) is 0 Å². The summed E-state index contributed by atoms with van der Waals surface area (Å²) in [7, 11) is 0. The van der Waals surface area contributed by atoms with Crippen molar-refractivity contribution < 1.29 is 4.48 Å². The van der Waals surface area contributed by atoms with Crippen LogP contribution in [0, 0.1) is 0 Å². The van der Waals surface area contributed by atoms with Crippen LogP contribution in [-0.4, -0.2) is 6.54 Å². The Balaban J connectivity index is 2.26. The molecule has 2 heteroatoms. The molecule has 0 spiro atoms. The van der Waals surface area contributed by atoms with Gasteiger partial charge in [0.2, 0.25) is 0 Å². The summed E-state index contributed by atoms with van der Waals surface area (Å²) in [6, 6.07) is 21.9. The maximum Gasteiger partial charge on any atom is 0.0766 e. The Kier molecular flexibility index (Phi) is 3.38. The smallest absolute Gasteiger partial charge is 0.0766 e. The van der Waals surface area contributed by atoms with E-state index in [1.807, 2.05) is 48.5 Å². The van der Waals surface area contributed by atoms with E-state index in [1.54, 1.807) is 6.92 Å². The van der Waals surface area contributed by atoms with E-state index in [-0.39, 0.29) is 0 Å². The van der Waals surface area contributed by atoms with Crippen molar-refractivity contribution in [2.75, 3.05) is 11.7 Å². The molecule has 3 rings (SSSR count). The first-order valence-corrected chi connectivity index (χ1v) is 6.81. The van der Waals surface area contributed by atoms with Gasteiger partial charge in [-0.3, -0.25) is 0 Å². The lowest BCUT2D eigenvalue weighted by Crippen LogP contribution is -2.11. The average molecular weight is 265 g/mol. The van der Waals surface area contributed by atoms with Gasteiger partial charge in [0.15, 0.2) is 0 Å². The maximum atomic E-state index is 14.0. The molecule has 0 radical (unpaired) electrons. The molecule has 0 saturated heterocycles. The lowest BCUT2D eigenvalue weighted by atomic mass is 9.97. The second kappa shape index (κ2) is 5.33. The summed E-state index contributed by atoms with van der Waals surface area (Å²) in [6.45, 7) is 2.14. The molecule has 1 nitrogen and oxygen atoms in total. The zero-order chi connectivity index (χ0) is 13.9. The first-order chi connectivity index (χ1) is 9.81. The fraction of sp³-hybridized carbons (Fsp3) is 0.111. The molecule has 0 atom stereocenters. The van der Waals surface area contributed by atoms with E-state index in [1.165, 1.54) is 5.39 Å². The van der Waals surface area contributed by atoms with Crippen LogP contribution >= 0.6 is 0 Å². The monoisotopic (exact) mass is 265 g/mol. The minimum absolute atomic E-state index is 0.335. The van der Waals surface area contributed by atoms with Crippen molar-refractivity contribution in [3.05, 3.63) is 66.7 Å². The number of fused-ring (bicyclic) bond motifs is 1. The third-order valence-corrected chi connectivity index (χ3v) is 3.52. The van der Waals surface area contributed by atoms with E-state index in [9.17, 15) is 4.48 Å². The van der Waals surface area contributed by atoms with Crippen LogP contribution in [0.4, 0.5) is 10.2 Å². The minimum Gasteiger partial charge on any atom is -0.211 e. The van der Waals surface area contributed by atoms with Gasteiger partial charge in [-0.05, 0) is 29.3 Å². The number of hydrogen-bond donors (Lipinski definition) is 0. The highest BCUT2D eigenvalue weighted by molar-refractivity contribution is 5.99. The standard InChI is InChI=1S/C18H16FN/c1-2-20(19)18-13-6-5-11-17(18)16-12-7-9-14-8-3-4-10-15(14)16/h3-13H,2H2,1H3. The molecule has 0 amide bonds. The first kappa shape index (κ1) is 12.7. The van der Waals surface area contributed by atoms with Crippen LogP contribution in [0.5, 0.6) is 0 Å². The molecule has 3 aromatic carbocycles. The molecule has 0 fully saturated rings. The summed E-state index contributed by atoms with van der Waals surface area (Å²) in [4.78, 5) is 0. The van der Waals surface area contributed by atoms with Crippen molar-refractivity contribution in [3.63, 3.8) is 0 Å². The number of anilines is 1. The second-order valence-electron chi connectivity index (χ2n) is 4.72. The summed E-state index contributed by atoms with van der Waals surface area (Å²) >= 11 is 0. The van der Waals surface area contributed by atoms with Crippen LogP contribution in [-0.2, 0) is 0 Å². The van der Waals surface area contributed by atoms with Gasteiger partial charge in [0.1, 0.15) is 0 Å². The Morgan fingerprint density at radius 2 is 1.45 bits per heavy atom. The molecular formula is C18H16FN. The van der Waals surface area contributed by atoms with Gasteiger partial charge in [-0.2, -0.15) is 0 Å². The van der Waals surface area contributed by atoms with Gasteiger partial charge in [-0.25, -0.2) is 5.12 Å². The molecule has 0 aliphatic carbocycles. The number of halogens is 1. The highest BCUT2D eigenvalue weighted by Gasteiger charge is 2.12. The van der Waals surface area contributed by atoms with Crippen molar-refractivity contribution in [2.24, 2.45) is 0 Å². The van der Waals surface area contributed by atoms with Gasteiger partial charge in [-0.15, -0.1) is 0 Å². The molecular weight excluding hydrogens is 249 g/mol. The van der Waals surface area contributed by atoms with Gasteiger partial charge in [0, 0.05) is 12.1 Å². The molecule has 0 aliphatic rings. The van der Waals surface area contributed by atoms with Crippen LogP contribution in [0.2, 0.25) is 0 Å². The molecule has 20 heavy (non-hydrogen) atoms. The average Bonchev–Trinajstić information content (AvgIpc) is 2.53. The normalized spacial score (nSPS) is 10.7. The third kappa shape index (κ3) is 2.14. The van der Waals surface area contributed by atoms with Crippen molar-refractivity contribution >= 4 is 16.5 Å². The Morgan fingerprint density at radius 1 is 0.800 bits per heavy atom. The first-order valence-electron chi connectivity index (χ1n) is 6.81. The van der Waals surface area contributed by atoms with E-state index in [0.717, 1.165) is 21.6 Å². The lowest BCUT2D eigenvalue weighted by Gasteiger charge is -2.17. The largest absolute Gasteiger partial charge is 0.211 e. The predicted octanol–water partition coefficient (Wildman–Crippen LogP) is 5.22. The van der Waals surface area contributed by atoms with Gasteiger partial charge < -0.3 is 0 Å². The number of rotatable bonds is 3. The molecule has 3 aromatic rings.